The molecule has 4 rings (SSSR count). The van der Waals surface area contributed by atoms with E-state index in [-0.39, 0.29) is 17.7 Å². The summed E-state index contributed by atoms with van der Waals surface area (Å²) in [7, 11) is 0. The van der Waals surface area contributed by atoms with Gasteiger partial charge in [0.1, 0.15) is 5.82 Å². The average molecular weight is 351 g/mol. The van der Waals surface area contributed by atoms with Crippen molar-refractivity contribution in [2.24, 2.45) is 0 Å². The predicted octanol–water partition coefficient (Wildman–Crippen LogP) is 4.02. The number of benzene rings is 1. The van der Waals surface area contributed by atoms with Crippen molar-refractivity contribution >= 4 is 5.82 Å². The van der Waals surface area contributed by atoms with E-state index in [2.05, 4.69) is 19.9 Å². The fourth-order valence-corrected chi connectivity index (χ4v) is 2.96. The molecule has 0 unspecified atom stereocenters. The number of halogens is 1. The summed E-state index contributed by atoms with van der Waals surface area (Å²) >= 11 is 0. The molecule has 0 bridgehead atoms. The van der Waals surface area contributed by atoms with Gasteiger partial charge in [0.05, 0.1) is 17.6 Å². The summed E-state index contributed by atoms with van der Waals surface area (Å²) in [6, 6.07) is 5.41. The van der Waals surface area contributed by atoms with Crippen LogP contribution in [0.3, 0.4) is 0 Å². The van der Waals surface area contributed by atoms with Gasteiger partial charge in [-0.25, -0.2) is 24.3 Å². The van der Waals surface area contributed by atoms with Crippen LogP contribution in [0.5, 0.6) is 11.8 Å². The van der Waals surface area contributed by atoms with Crippen LogP contribution < -0.4 is 10.5 Å². The summed E-state index contributed by atoms with van der Waals surface area (Å²) < 4.78 is 21.1. The number of aryl methyl sites for hydroxylation is 1. The van der Waals surface area contributed by atoms with Crippen LogP contribution in [-0.4, -0.2) is 19.9 Å². The van der Waals surface area contributed by atoms with E-state index in [0.29, 0.717) is 22.8 Å². The second kappa shape index (κ2) is 6.67. The van der Waals surface area contributed by atoms with Crippen molar-refractivity contribution in [3.63, 3.8) is 0 Å². The summed E-state index contributed by atoms with van der Waals surface area (Å²) in [6.45, 7) is 1.74. The predicted molar refractivity (Wildman–Crippen MR) is 95.3 cm³/mol. The zero-order chi connectivity index (χ0) is 18.1. The molecule has 0 saturated heterocycles. The summed E-state index contributed by atoms with van der Waals surface area (Å²) in [6.07, 6.45) is 7.76. The van der Waals surface area contributed by atoms with Crippen molar-refractivity contribution in [2.45, 2.75) is 32.1 Å². The van der Waals surface area contributed by atoms with E-state index in [4.69, 9.17) is 10.5 Å². The van der Waals surface area contributed by atoms with Gasteiger partial charge in [0.2, 0.25) is 0 Å². The van der Waals surface area contributed by atoms with Crippen molar-refractivity contribution in [2.75, 3.05) is 5.73 Å². The smallest absolute Gasteiger partial charge is 0.321 e. The van der Waals surface area contributed by atoms with Crippen LogP contribution in [0, 0.1) is 12.7 Å². The Morgan fingerprint density at radius 3 is 2.58 bits per heavy atom. The molecule has 2 N–H and O–H groups in total. The van der Waals surface area contributed by atoms with Crippen molar-refractivity contribution in [3.8, 4) is 23.0 Å². The van der Waals surface area contributed by atoms with Crippen molar-refractivity contribution in [1.29, 1.82) is 0 Å². The van der Waals surface area contributed by atoms with Crippen LogP contribution in [0.15, 0.2) is 36.8 Å². The lowest BCUT2D eigenvalue weighted by atomic mass is 9.79. The van der Waals surface area contributed by atoms with Gasteiger partial charge in [-0.2, -0.15) is 0 Å². The molecule has 7 heteroatoms. The third-order valence-electron chi connectivity index (χ3n) is 4.67. The molecule has 1 saturated carbocycles. The number of nitrogen functional groups attached to an aromatic ring is 1. The number of hydrogen-bond acceptors (Lipinski definition) is 6. The molecule has 1 aliphatic rings. The third-order valence-corrected chi connectivity index (χ3v) is 4.67. The summed E-state index contributed by atoms with van der Waals surface area (Å²) in [4.78, 5) is 16.5. The van der Waals surface area contributed by atoms with Crippen LogP contribution >= 0.6 is 0 Å². The number of aromatic nitrogens is 4. The quantitative estimate of drug-likeness (QED) is 0.764. The molecule has 1 aromatic carbocycles. The molecule has 1 fully saturated rings. The maximum absolute atomic E-state index is 15.4. The highest BCUT2D eigenvalue weighted by molar-refractivity contribution is 5.65. The molecule has 3 aromatic rings. The summed E-state index contributed by atoms with van der Waals surface area (Å²) in [5.74, 6) is 0.293. The second-order valence-electron chi connectivity index (χ2n) is 6.33. The van der Waals surface area contributed by atoms with Gasteiger partial charge in [0.15, 0.2) is 11.6 Å². The highest BCUT2D eigenvalue weighted by Gasteiger charge is 2.27. The van der Waals surface area contributed by atoms with Gasteiger partial charge in [0.25, 0.3) is 0 Å². The molecule has 0 amide bonds. The molecule has 2 heterocycles. The monoisotopic (exact) mass is 351 g/mol. The van der Waals surface area contributed by atoms with Crippen LogP contribution in [-0.2, 0) is 0 Å². The Balaban J connectivity index is 1.81. The van der Waals surface area contributed by atoms with Crippen LogP contribution in [0.4, 0.5) is 10.2 Å². The van der Waals surface area contributed by atoms with Gasteiger partial charge in [-0.3, -0.25) is 0 Å². The number of nitrogens with zero attached hydrogens (tertiary/aromatic N) is 4. The minimum absolute atomic E-state index is 0.115. The van der Waals surface area contributed by atoms with E-state index < -0.39 is 5.82 Å². The van der Waals surface area contributed by atoms with Crippen molar-refractivity contribution in [3.05, 3.63) is 53.9 Å². The Labute approximate surface area is 150 Å². The van der Waals surface area contributed by atoms with Gasteiger partial charge < -0.3 is 10.5 Å². The summed E-state index contributed by atoms with van der Waals surface area (Å²) in [5, 5.41) is 0. The fraction of sp³-hybridized carbons (Fsp3) is 0.263. The minimum atomic E-state index is -0.486. The van der Waals surface area contributed by atoms with E-state index >= 15 is 4.39 Å². The Morgan fingerprint density at radius 1 is 1.15 bits per heavy atom. The topological polar surface area (TPSA) is 86.8 Å². The molecular weight excluding hydrogens is 333 g/mol. The van der Waals surface area contributed by atoms with Crippen LogP contribution in [0.25, 0.3) is 11.3 Å². The van der Waals surface area contributed by atoms with Gasteiger partial charge in [-0.15, -0.1) is 0 Å². The molecule has 2 aromatic heterocycles. The van der Waals surface area contributed by atoms with E-state index in [0.717, 1.165) is 24.8 Å². The number of nitrogens with two attached hydrogens (primary N) is 1. The molecule has 0 radical (unpaired) electrons. The van der Waals surface area contributed by atoms with Gasteiger partial charge >= 0.3 is 6.01 Å². The molecule has 1 aliphatic carbocycles. The van der Waals surface area contributed by atoms with Crippen molar-refractivity contribution in [1.82, 2.24) is 19.9 Å². The SMILES string of the molecule is Cc1nc(-c2ccc(C3CCC3)c(Oc3ncccn3)c2F)cnc1N. The lowest BCUT2D eigenvalue weighted by molar-refractivity contribution is 0.371. The average Bonchev–Trinajstić information content (AvgIpc) is 2.60. The highest BCUT2D eigenvalue weighted by Crippen LogP contribution is 2.44. The van der Waals surface area contributed by atoms with Crippen LogP contribution in [0.2, 0.25) is 0 Å². The Bertz CT molecular complexity index is 944. The third kappa shape index (κ3) is 2.96. The second-order valence-corrected chi connectivity index (χ2v) is 6.33. The normalized spacial score (nSPS) is 14.1. The Morgan fingerprint density at radius 2 is 1.92 bits per heavy atom. The van der Waals surface area contributed by atoms with Gasteiger partial charge in [-0.1, -0.05) is 12.5 Å². The first-order valence-corrected chi connectivity index (χ1v) is 8.50. The van der Waals surface area contributed by atoms with Gasteiger partial charge in [-0.05, 0) is 37.8 Å². The Kier molecular flexibility index (Phi) is 4.20. The van der Waals surface area contributed by atoms with E-state index in [1.165, 1.54) is 6.20 Å². The first kappa shape index (κ1) is 16.4. The molecule has 0 aliphatic heterocycles. The largest absolute Gasteiger partial charge is 0.421 e. The zero-order valence-corrected chi connectivity index (χ0v) is 14.3. The molecule has 26 heavy (non-hydrogen) atoms. The molecule has 0 spiro atoms. The minimum Gasteiger partial charge on any atom is -0.421 e. The lowest BCUT2D eigenvalue weighted by Crippen LogP contribution is -2.11. The van der Waals surface area contributed by atoms with Crippen LogP contribution in [0.1, 0.15) is 36.4 Å². The first-order valence-electron chi connectivity index (χ1n) is 8.50. The number of rotatable bonds is 4. The lowest BCUT2D eigenvalue weighted by Gasteiger charge is -2.28. The number of hydrogen-bond donors (Lipinski definition) is 1. The number of anilines is 1. The maximum atomic E-state index is 15.4. The van der Waals surface area contributed by atoms with Crippen molar-refractivity contribution < 1.29 is 9.13 Å². The highest BCUT2D eigenvalue weighted by atomic mass is 19.1. The Hall–Kier alpha value is -3.09. The molecule has 6 nitrogen and oxygen atoms in total. The van der Waals surface area contributed by atoms with Gasteiger partial charge in [0, 0.05) is 23.5 Å². The van der Waals surface area contributed by atoms with E-state index in [9.17, 15) is 0 Å². The summed E-state index contributed by atoms with van der Waals surface area (Å²) in [5.41, 5.74) is 7.84. The molecule has 132 valence electrons. The zero-order valence-electron chi connectivity index (χ0n) is 14.3. The molecule has 0 atom stereocenters. The number of ether oxygens (including phenoxy) is 1. The fourth-order valence-electron chi connectivity index (χ4n) is 2.96. The first-order chi connectivity index (χ1) is 12.6. The van der Waals surface area contributed by atoms with E-state index in [1.807, 2.05) is 6.07 Å². The maximum Gasteiger partial charge on any atom is 0.321 e. The molecular formula is C19H18FN5O. The van der Waals surface area contributed by atoms with E-state index in [1.54, 1.807) is 31.5 Å². The standard InChI is InChI=1S/C19H18FN5O/c1-11-18(21)24-10-15(25-11)14-7-6-13(12-4-2-5-12)17(16(14)20)26-19-22-8-3-9-23-19/h3,6-10,12H,2,4-5H2,1H3,(H2,21,24).